The molecule has 4 rings (SSSR count). The Morgan fingerprint density at radius 2 is 1.44 bits per heavy atom. The molecule has 0 atom stereocenters. The van der Waals surface area contributed by atoms with Gasteiger partial charge in [0.05, 0.1) is 4.91 Å². The van der Waals surface area contributed by atoms with Gasteiger partial charge in [-0.15, -0.1) is 0 Å². The van der Waals surface area contributed by atoms with E-state index in [1.54, 1.807) is 6.08 Å². The van der Waals surface area contributed by atoms with Crippen LogP contribution in [0.2, 0.25) is 0 Å². The Kier molecular flexibility index (Phi) is 6.28. The van der Waals surface area contributed by atoms with E-state index in [2.05, 4.69) is 62.5 Å². The number of benzene rings is 3. The first-order valence-electron chi connectivity index (χ1n) is 10.3. The van der Waals surface area contributed by atoms with Gasteiger partial charge in [0.1, 0.15) is 11.5 Å². The quantitative estimate of drug-likeness (QED) is 0.343. The summed E-state index contributed by atoms with van der Waals surface area (Å²) in [5, 5.41) is 1.91. The summed E-state index contributed by atoms with van der Waals surface area (Å²) in [5.41, 5.74) is 6.87. The van der Waals surface area contributed by atoms with Gasteiger partial charge >= 0.3 is 0 Å². The highest BCUT2D eigenvalue weighted by molar-refractivity contribution is 8.18. The number of thioether (sulfide) groups is 1. The van der Waals surface area contributed by atoms with E-state index in [4.69, 9.17) is 4.74 Å². The first-order chi connectivity index (χ1) is 15.4. The van der Waals surface area contributed by atoms with Crippen molar-refractivity contribution < 1.29 is 14.3 Å². The zero-order valence-corrected chi connectivity index (χ0v) is 19.0. The maximum atomic E-state index is 11.7. The lowest BCUT2D eigenvalue weighted by molar-refractivity contribution is -0.115. The zero-order chi connectivity index (χ0) is 22.7. The fourth-order valence-electron chi connectivity index (χ4n) is 3.55. The Bertz CT molecular complexity index is 1220. The van der Waals surface area contributed by atoms with Crippen molar-refractivity contribution in [2.45, 2.75) is 20.8 Å². The van der Waals surface area contributed by atoms with E-state index in [0.717, 1.165) is 28.6 Å². The summed E-state index contributed by atoms with van der Waals surface area (Å²) >= 11 is 0.906. The van der Waals surface area contributed by atoms with Crippen LogP contribution in [0, 0.1) is 13.8 Å². The molecule has 3 aromatic carbocycles. The van der Waals surface area contributed by atoms with Crippen molar-refractivity contribution in [3.8, 4) is 11.5 Å². The van der Waals surface area contributed by atoms with Crippen molar-refractivity contribution in [1.29, 1.82) is 0 Å². The van der Waals surface area contributed by atoms with Gasteiger partial charge < -0.3 is 4.74 Å². The molecule has 5 heteroatoms. The molecular formula is C27H23NO3S. The summed E-state index contributed by atoms with van der Waals surface area (Å²) < 4.78 is 5.95. The Morgan fingerprint density at radius 1 is 0.844 bits per heavy atom. The fourth-order valence-corrected chi connectivity index (χ4v) is 4.24. The molecule has 4 nitrogen and oxygen atoms in total. The lowest BCUT2D eigenvalue weighted by Crippen LogP contribution is -2.17. The number of amides is 2. The van der Waals surface area contributed by atoms with Crippen LogP contribution in [0.15, 0.2) is 71.6 Å². The van der Waals surface area contributed by atoms with Gasteiger partial charge in [-0.3, -0.25) is 14.9 Å². The number of nitrogens with one attached hydrogen (secondary N) is 1. The zero-order valence-electron chi connectivity index (χ0n) is 18.1. The number of allylic oxidation sites excluding steroid dienone is 1. The van der Waals surface area contributed by atoms with Crippen LogP contribution < -0.4 is 10.1 Å². The van der Waals surface area contributed by atoms with Gasteiger partial charge in [0.25, 0.3) is 11.1 Å². The number of rotatable bonds is 5. The second-order valence-corrected chi connectivity index (χ2v) is 8.81. The molecule has 1 N–H and O–H groups in total. The van der Waals surface area contributed by atoms with Gasteiger partial charge in [-0.2, -0.15) is 0 Å². The van der Waals surface area contributed by atoms with Crippen LogP contribution in [0.1, 0.15) is 34.7 Å². The highest BCUT2D eigenvalue weighted by Crippen LogP contribution is 2.28. The number of hydrogen-bond acceptors (Lipinski definition) is 4. The van der Waals surface area contributed by atoms with Crippen molar-refractivity contribution in [2.24, 2.45) is 0 Å². The molecule has 0 aliphatic carbocycles. The van der Waals surface area contributed by atoms with E-state index in [0.29, 0.717) is 10.7 Å². The van der Waals surface area contributed by atoms with E-state index in [1.807, 2.05) is 36.4 Å². The summed E-state index contributed by atoms with van der Waals surface area (Å²) in [5.74, 6) is 1.08. The van der Waals surface area contributed by atoms with Crippen LogP contribution in [-0.2, 0) is 4.79 Å². The van der Waals surface area contributed by atoms with Gasteiger partial charge in [0.2, 0.25) is 0 Å². The minimum atomic E-state index is -0.359. The number of hydrogen-bond donors (Lipinski definition) is 1. The minimum Gasteiger partial charge on any atom is -0.457 e. The Hall–Kier alpha value is -3.57. The molecular weight excluding hydrogens is 418 g/mol. The fraction of sp³-hybridized carbons (Fsp3) is 0.111. The Balaban J connectivity index is 1.43. The van der Waals surface area contributed by atoms with Crippen LogP contribution in [0.25, 0.3) is 17.7 Å². The van der Waals surface area contributed by atoms with Crippen molar-refractivity contribution in [3.05, 3.63) is 99.5 Å². The van der Waals surface area contributed by atoms with E-state index < -0.39 is 0 Å². The van der Waals surface area contributed by atoms with Crippen LogP contribution in [0.3, 0.4) is 0 Å². The largest absolute Gasteiger partial charge is 0.457 e. The first-order valence-corrected chi connectivity index (χ1v) is 11.1. The van der Waals surface area contributed by atoms with E-state index in [1.165, 1.54) is 22.3 Å². The molecule has 3 aromatic rings. The molecule has 0 aromatic heterocycles. The lowest BCUT2D eigenvalue weighted by atomic mass is 10.0. The molecule has 32 heavy (non-hydrogen) atoms. The van der Waals surface area contributed by atoms with E-state index in [-0.39, 0.29) is 11.1 Å². The highest BCUT2D eigenvalue weighted by Gasteiger charge is 2.24. The molecule has 1 heterocycles. The summed E-state index contributed by atoms with van der Waals surface area (Å²) in [6, 6.07) is 21.9. The Morgan fingerprint density at radius 3 is 2.00 bits per heavy atom. The van der Waals surface area contributed by atoms with Gasteiger partial charge in [-0.25, -0.2) is 0 Å². The Labute approximate surface area is 192 Å². The van der Waals surface area contributed by atoms with Crippen LogP contribution in [-0.4, -0.2) is 11.1 Å². The van der Waals surface area contributed by atoms with Crippen molar-refractivity contribution in [3.63, 3.8) is 0 Å². The molecule has 1 saturated heterocycles. The second kappa shape index (κ2) is 9.28. The third kappa shape index (κ3) is 5.37. The van der Waals surface area contributed by atoms with Crippen LogP contribution in [0.5, 0.6) is 11.5 Å². The van der Waals surface area contributed by atoms with Crippen molar-refractivity contribution in [2.75, 3.05) is 0 Å². The topological polar surface area (TPSA) is 55.4 Å². The normalized spacial score (nSPS) is 15.2. The summed E-state index contributed by atoms with van der Waals surface area (Å²) in [4.78, 5) is 23.3. The maximum absolute atomic E-state index is 11.7. The first kappa shape index (κ1) is 21.7. The molecule has 160 valence electrons. The second-order valence-electron chi connectivity index (χ2n) is 7.80. The average Bonchev–Trinajstić information content (AvgIpc) is 3.06. The molecule has 0 bridgehead atoms. The van der Waals surface area contributed by atoms with Crippen LogP contribution in [0.4, 0.5) is 4.79 Å². The molecule has 2 amide bonds. The van der Waals surface area contributed by atoms with E-state index in [9.17, 15) is 9.59 Å². The number of carbonyl (C=O) groups is 2. The van der Waals surface area contributed by atoms with Crippen molar-refractivity contribution in [1.82, 2.24) is 5.32 Å². The van der Waals surface area contributed by atoms with Gasteiger partial charge in [0, 0.05) is 0 Å². The molecule has 1 fully saturated rings. The molecule has 0 saturated carbocycles. The SMILES string of the molecule is C/C(=C\c1cc(C)cc(C)c1)c1ccc(Oc2ccc(/C=C3\SC(=O)NC3=O)cc2)cc1. The average molecular weight is 442 g/mol. The minimum absolute atomic E-state index is 0.344. The third-order valence-corrected chi connectivity index (χ3v) is 5.80. The smallest absolute Gasteiger partial charge is 0.290 e. The number of ether oxygens (including phenoxy) is 1. The number of carbonyl (C=O) groups excluding carboxylic acids is 2. The van der Waals surface area contributed by atoms with E-state index >= 15 is 0 Å². The summed E-state index contributed by atoms with van der Waals surface area (Å²) in [6.45, 7) is 6.33. The number of imide groups is 1. The van der Waals surface area contributed by atoms with Crippen LogP contribution >= 0.6 is 11.8 Å². The van der Waals surface area contributed by atoms with Crippen molar-refractivity contribution >= 4 is 40.6 Å². The monoisotopic (exact) mass is 441 g/mol. The molecule has 1 aliphatic rings. The molecule has 0 unspecified atom stereocenters. The standard InChI is InChI=1S/C27H23NO3S/c1-17-12-18(2)14-21(13-17)15-19(3)22-6-10-24(11-7-22)31-23-8-4-20(5-9-23)16-25-26(29)28-27(30)32-25/h4-16H,1-3H3,(H,28,29,30)/b19-15+,25-16-. The van der Waals surface area contributed by atoms with Gasteiger partial charge in [-0.05, 0) is 85.1 Å². The molecule has 1 aliphatic heterocycles. The predicted octanol–water partition coefficient (Wildman–Crippen LogP) is 6.98. The maximum Gasteiger partial charge on any atom is 0.290 e. The summed E-state index contributed by atoms with van der Waals surface area (Å²) in [6.07, 6.45) is 3.88. The third-order valence-electron chi connectivity index (χ3n) is 4.99. The van der Waals surface area contributed by atoms with Gasteiger partial charge in [0.15, 0.2) is 0 Å². The lowest BCUT2D eigenvalue weighted by Gasteiger charge is -2.08. The number of aryl methyl sites for hydroxylation is 2. The summed E-state index contributed by atoms with van der Waals surface area (Å²) in [7, 11) is 0. The predicted molar refractivity (Wildman–Crippen MR) is 132 cm³/mol. The highest BCUT2D eigenvalue weighted by atomic mass is 32.2. The molecule has 0 radical (unpaired) electrons. The molecule has 0 spiro atoms. The van der Waals surface area contributed by atoms with Gasteiger partial charge in [-0.1, -0.05) is 59.7 Å².